The van der Waals surface area contributed by atoms with E-state index in [1.807, 2.05) is 31.2 Å². The summed E-state index contributed by atoms with van der Waals surface area (Å²) in [5, 5.41) is 11.6. The van der Waals surface area contributed by atoms with E-state index in [0.717, 1.165) is 16.9 Å². The standard InChI is InChI=1S/C31H32N2O6S/c1-7-16-39-29(37)27-18(3)32-30(40-27)33-24(19-12-14-21(15-13-19)31(4,5)6)23(26(35)28(33)36)25(34)20-10-9-11-22(17-20)38-8-2/h7,9-15,17,24,34H,1,8,16H2,2-6H3/b25-23+. The van der Waals surface area contributed by atoms with Crippen molar-refractivity contribution in [3.05, 3.63) is 94.0 Å². The number of ketones is 1. The molecule has 1 atom stereocenters. The Morgan fingerprint density at radius 1 is 1.18 bits per heavy atom. The number of aromatic nitrogens is 1. The van der Waals surface area contributed by atoms with Gasteiger partial charge < -0.3 is 14.6 Å². The number of thiazole rings is 1. The minimum absolute atomic E-state index is 0.0248. The Balaban J connectivity index is 1.89. The Labute approximate surface area is 237 Å². The third-order valence-corrected chi connectivity index (χ3v) is 7.60. The highest BCUT2D eigenvalue weighted by molar-refractivity contribution is 7.17. The van der Waals surface area contributed by atoms with Gasteiger partial charge in [-0.05, 0) is 42.5 Å². The van der Waals surface area contributed by atoms with Crippen molar-refractivity contribution in [3.63, 3.8) is 0 Å². The van der Waals surface area contributed by atoms with Gasteiger partial charge in [-0.25, -0.2) is 9.78 Å². The lowest BCUT2D eigenvalue weighted by Crippen LogP contribution is -2.29. The molecule has 208 valence electrons. The first-order valence-corrected chi connectivity index (χ1v) is 13.7. The van der Waals surface area contributed by atoms with Crippen LogP contribution in [0.2, 0.25) is 0 Å². The van der Waals surface area contributed by atoms with E-state index in [2.05, 4.69) is 32.3 Å². The van der Waals surface area contributed by atoms with Crippen molar-refractivity contribution in [1.82, 2.24) is 4.98 Å². The summed E-state index contributed by atoms with van der Waals surface area (Å²) in [4.78, 5) is 45.6. The number of nitrogens with zero attached hydrogens (tertiary/aromatic N) is 2. The van der Waals surface area contributed by atoms with Crippen LogP contribution in [0.1, 0.15) is 65.8 Å². The highest BCUT2D eigenvalue weighted by Crippen LogP contribution is 2.44. The zero-order chi connectivity index (χ0) is 29.2. The number of benzene rings is 2. The minimum atomic E-state index is -0.979. The van der Waals surface area contributed by atoms with Crippen LogP contribution in [0.3, 0.4) is 0 Å². The molecular weight excluding hydrogens is 528 g/mol. The first-order valence-electron chi connectivity index (χ1n) is 12.9. The third-order valence-electron chi connectivity index (χ3n) is 6.46. The van der Waals surface area contributed by atoms with Gasteiger partial charge in [-0.3, -0.25) is 14.5 Å². The van der Waals surface area contributed by atoms with E-state index >= 15 is 0 Å². The molecule has 1 N–H and O–H groups in total. The summed E-state index contributed by atoms with van der Waals surface area (Å²) in [5.74, 6) is -2.12. The van der Waals surface area contributed by atoms with E-state index in [0.29, 0.717) is 29.2 Å². The molecule has 0 bridgehead atoms. The van der Waals surface area contributed by atoms with Crippen LogP contribution in [0.25, 0.3) is 5.76 Å². The van der Waals surface area contributed by atoms with Crippen molar-refractivity contribution in [2.24, 2.45) is 0 Å². The molecule has 2 heterocycles. The van der Waals surface area contributed by atoms with Crippen LogP contribution in [-0.2, 0) is 19.7 Å². The summed E-state index contributed by atoms with van der Waals surface area (Å²) < 4.78 is 10.7. The Morgan fingerprint density at radius 2 is 1.88 bits per heavy atom. The van der Waals surface area contributed by atoms with E-state index in [-0.39, 0.29) is 33.4 Å². The lowest BCUT2D eigenvalue weighted by atomic mass is 9.85. The van der Waals surface area contributed by atoms with E-state index in [1.54, 1.807) is 31.2 Å². The molecule has 0 saturated carbocycles. The number of aliphatic hydroxyl groups excluding tert-OH is 1. The maximum atomic E-state index is 13.5. The van der Waals surface area contributed by atoms with E-state index < -0.39 is 23.7 Å². The van der Waals surface area contributed by atoms with Crippen molar-refractivity contribution >= 4 is 39.9 Å². The normalized spacial score (nSPS) is 16.7. The molecule has 3 aromatic rings. The zero-order valence-corrected chi connectivity index (χ0v) is 24.0. The monoisotopic (exact) mass is 560 g/mol. The lowest BCUT2D eigenvalue weighted by Gasteiger charge is -2.25. The number of Topliss-reactive ketones (excluding diaryl/α,β-unsaturated/α-hetero) is 1. The number of anilines is 1. The van der Waals surface area contributed by atoms with Gasteiger partial charge in [0.05, 0.1) is 23.9 Å². The van der Waals surface area contributed by atoms with Crippen molar-refractivity contribution in [1.29, 1.82) is 0 Å². The first kappa shape index (κ1) is 28.8. The number of amides is 1. The molecular formula is C31H32N2O6S. The second kappa shape index (κ2) is 11.5. The molecule has 40 heavy (non-hydrogen) atoms. The molecule has 0 spiro atoms. The second-order valence-electron chi connectivity index (χ2n) is 10.3. The van der Waals surface area contributed by atoms with E-state index in [1.165, 1.54) is 11.0 Å². The highest BCUT2D eigenvalue weighted by atomic mass is 32.1. The molecule has 1 amide bonds. The van der Waals surface area contributed by atoms with Gasteiger partial charge in [-0.15, -0.1) is 0 Å². The molecule has 0 radical (unpaired) electrons. The number of aryl methyl sites for hydroxylation is 1. The van der Waals surface area contributed by atoms with Crippen molar-refractivity contribution < 1.29 is 29.0 Å². The second-order valence-corrected chi connectivity index (χ2v) is 11.3. The lowest BCUT2D eigenvalue weighted by molar-refractivity contribution is -0.132. The summed E-state index contributed by atoms with van der Waals surface area (Å²) in [6, 6.07) is 13.3. The van der Waals surface area contributed by atoms with E-state index in [4.69, 9.17) is 9.47 Å². The predicted molar refractivity (Wildman–Crippen MR) is 155 cm³/mol. The number of hydrogen-bond acceptors (Lipinski definition) is 8. The molecule has 9 heteroatoms. The van der Waals surface area contributed by atoms with E-state index in [9.17, 15) is 19.5 Å². The van der Waals surface area contributed by atoms with Crippen LogP contribution < -0.4 is 9.64 Å². The Morgan fingerprint density at radius 3 is 2.50 bits per heavy atom. The van der Waals surface area contributed by atoms with Crippen molar-refractivity contribution in [3.8, 4) is 5.75 Å². The molecule has 1 fully saturated rings. The number of carbonyl (C=O) groups excluding carboxylic acids is 3. The minimum Gasteiger partial charge on any atom is -0.507 e. The SMILES string of the molecule is C=CCOC(=O)c1sc(N2C(=O)C(=O)/C(=C(/O)c3cccc(OCC)c3)C2c2ccc(C(C)(C)C)cc2)nc1C. The Hall–Kier alpha value is -4.24. The Kier molecular flexibility index (Phi) is 8.25. The molecule has 1 aliphatic rings. The van der Waals surface area contributed by atoms with Gasteiger partial charge >= 0.3 is 11.9 Å². The summed E-state index contributed by atoms with van der Waals surface area (Å²) >= 11 is 0.954. The molecule has 1 aliphatic heterocycles. The maximum Gasteiger partial charge on any atom is 0.350 e. The molecule has 4 rings (SSSR count). The van der Waals surface area contributed by atoms with Gasteiger partial charge in [0.25, 0.3) is 5.78 Å². The van der Waals surface area contributed by atoms with Gasteiger partial charge in [0, 0.05) is 5.56 Å². The van der Waals surface area contributed by atoms with Crippen LogP contribution in [-0.4, -0.2) is 41.0 Å². The van der Waals surface area contributed by atoms with Crippen LogP contribution in [0.5, 0.6) is 5.75 Å². The van der Waals surface area contributed by atoms with Crippen LogP contribution in [0.4, 0.5) is 5.13 Å². The summed E-state index contributed by atoms with van der Waals surface area (Å²) in [7, 11) is 0. The summed E-state index contributed by atoms with van der Waals surface area (Å²) in [5.41, 5.74) is 2.18. The fourth-order valence-corrected chi connectivity index (χ4v) is 5.43. The molecule has 1 aromatic heterocycles. The van der Waals surface area contributed by atoms with Gasteiger partial charge in [-0.1, -0.05) is 81.2 Å². The molecule has 0 aliphatic carbocycles. The predicted octanol–water partition coefficient (Wildman–Crippen LogP) is 6.12. The smallest absolute Gasteiger partial charge is 0.350 e. The number of esters is 1. The molecule has 1 unspecified atom stereocenters. The summed E-state index contributed by atoms with van der Waals surface area (Å²) in [6.07, 6.45) is 1.45. The third kappa shape index (κ3) is 5.56. The number of ether oxygens (including phenoxy) is 2. The van der Waals surface area contributed by atoms with Crippen LogP contribution in [0, 0.1) is 6.92 Å². The number of hydrogen-bond donors (Lipinski definition) is 1. The number of carbonyl (C=O) groups is 3. The van der Waals surface area contributed by atoms with Crippen LogP contribution >= 0.6 is 11.3 Å². The van der Waals surface area contributed by atoms with Gasteiger partial charge in [0.1, 0.15) is 23.0 Å². The quantitative estimate of drug-likeness (QED) is 0.116. The van der Waals surface area contributed by atoms with Crippen LogP contribution in [0.15, 0.2) is 66.8 Å². The average molecular weight is 561 g/mol. The maximum absolute atomic E-state index is 13.5. The topological polar surface area (TPSA) is 106 Å². The van der Waals surface area contributed by atoms with Gasteiger partial charge in [-0.2, -0.15) is 0 Å². The number of rotatable bonds is 8. The highest BCUT2D eigenvalue weighted by Gasteiger charge is 2.48. The molecule has 1 saturated heterocycles. The number of aliphatic hydroxyl groups is 1. The zero-order valence-electron chi connectivity index (χ0n) is 23.2. The first-order chi connectivity index (χ1) is 19.0. The Bertz CT molecular complexity index is 1500. The van der Waals surface area contributed by atoms with Gasteiger partial charge in [0.2, 0.25) is 0 Å². The van der Waals surface area contributed by atoms with Crippen molar-refractivity contribution in [2.75, 3.05) is 18.1 Å². The van der Waals surface area contributed by atoms with Crippen molar-refractivity contribution in [2.45, 2.75) is 46.1 Å². The molecule has 8 nitrogen and oxygen atoms in total. The fraction of sp³-hybridized carbons (Fsp3) is 0.290. The average Bonchev–Trinajstić information content (AvgIpc) is 3.43. The molecule has 2 aromatic carbocycles. The van der Waals surface area contributed by atoms with Gasteiger partial charge in [0.15, 0.2) is 5.13 Å². The summed E-state index contributed by atoms with van der Waals surface area (Å²) in [6.45, 7) is 13.7. The largest absolute Gasteiger partial charge is 0.507 e. The fourth-order valence-electron chi connectivity index (χ4n) is 4.44.